The third-order valence-corrected chi connectivity index (χ3v) is 7.31. The van der Waals surface area contributed by atoms with Crippen molar-refractivity contribution < 1.29 is 9.59 Å². The first kappa shape index (κ1) is 27.1. The van der Waals surface area contributed by atoms with Crippen molar-refractivity contribution in [3.8, 4) is 0 Å². The summed E-state index contributed by atoms with van der Waals surface area (Å²) >= 11 is 5.96. The lowest BCUT2D eigenvalue weighted by atomic mass is 9.91. The highest BCUT2D eigenvalue weighted by atomic mass is 35.5. The summed E-state index contributed by atoms with van der Waals surface area (Å²) in [7, 11) is 0. The molecule has 2 aliphatic carbocycles. The predicted molar refractivity (Wildman–Crippen MR) is 151 cm³/mol. The van der Waals surface area contributed by atoms with E-state index in [0.717, 1.165) is 50.6 Å². The highest BCUT2D eigenvalue weighted by molar-refractivity contribution is 6.29. The van der Waals surface area contributed by atoms with E-state index >= 15 is 0 Å². The summed E-state index contributed by atoms with van der Waals surface area (Å²) in [6.07, 6.45) is 10.00. The van der Waals surface area contributed by atoms with Crippen molar-refractivity contribution in [3.05, 3.63) is 41.4 Å². The van der Waals surface area contributed by atoms with E-state index in [1.165, 1.54) is 12.4 Å². The zero-order valence-electron chi connectivity index (χ0n) is 21.7. The Morgan fingerprint density at radius 1 is 1.05 bits per heavy atom. The Balaban J connectivity index is 1.27. The Bertz CT molecular complexity index is 1320. The Labute approximate surface area is 231 Å². The summed E-state index contributed by atoms with van der Waals surface area (Å²) in [4.78, 5) is 33.9. The van der Waals surface area contributed by atoms with Gasteiger partial charge in [-0.25, -0.2) is 14.5 Å². The minimum absolute atomic E-state index is 0.104. The van der Waals surface area contributed by atoms with Crippen LogP contribution in [0.25, 0.3) is 5.65 Å². The van der Waals surface area contributed by atoms with Gasteiger partial charge in [0.2, 0.25) is 5.91 Å². The van der Waals surface area contributed by atoms with Gasteiger partial charge in [-0.3, -0.25) is 9.59 Å². The van der Waals surface area contributed by atoms with E-state index in [4.69, 9.17) is 28.2 Å². The average molecular weight is 555 g/mol. The number of nitrogens with one attached hydrogen (secondary N) is 4. The molecule has 2 fully saturated rings. The molecule has 0 spiro atoms. The number of rotatable bonds is 11. The van der Waals surface area contributed by atoms with Gasteiger partial charge in [-0.15, -0.1) is 5.10 Å². The topological polar surface area (TPSA) is 177 Å². The van der Waals surface area contributed by atoms with Crippen LogP contribution in [-0.4, -0.2) is 62.1 Å². The van der Waals surface area contributed by atoms with Crippen molar-refractivity contribution in [3.63, 3.8) is 0 Å². The number of aromatic nitrogens is 4. The van der Waals surface area contributed by atoms with Crippen LogP contribution in [-0.2, 0) is 4.79 Å². The van der Waals surface area contributed by atoms with Gasteiger partial charge in [0.1, 0.15) is 11.0 Å². The van der Waals surface area contributed by atoms with Crippen molar-refractivity contribution >= 4 is 46.3 Å². The molecule has 39 heavy (non-hydrogen) atoms. The number of halogens is 1. The minimum atomic E-state index is -0.519. The number of amides is 2. The maximum atomic E-state index is 13.1. The van der Waals surface area contributed by atoms with Crippen molar-refractivity contribution in [2.75, 3.05) is 22.5 Å². The molecular weight excluding hydrogens is 520 g/mol. The van der Waals surface area contributed by atoms with Crippen LogP contribution in [0.5, 0.6) is 0 Å². The molecule has 0 aliphatic heterocycles. The van der Waals surface area contributed by atoms with Crippen LogP contribution in [0, 0.1) is 0 Å². The van der Waals surface area contributed by atoms with E-state index in [1.54, 1.807) is 16.6 Å². The molecule has 0 radical (unpaired) electrons. The molecule has 8 N–H and O–H groups in total. The molecule has 1 atom stereocenters. The number of carbonyl (C=O) groups is 2. The summed E-state index contributed by atoms with van der Waals surface area (Å²) in [5, 5.41) is 18.0. The lowest BCUT2D eigenvalue weighted by Crippen LogP contribution is -2.47. The predicted octanol–water partition coefficient (Wildman–Crippen LogP) is 2.51. The van der Waals surface area contributed by atoms with Crippen molar-refractivity contribution in [2.24, 2.45) is 11.5 Å². The van der Waals surface area contributed by atoms with E-state index in [-0.39, 0.29) is 29.1 Å². The second-order valence-electron chi connectivity index (χ2n) is 10.3. The average Bonchev–Trinajstić information content (AvgIpc) is 3.63. The van der Waals surface area contributed by atoms with Gasteiger partial charge < -0.3 is 32.7 Å². The zero-order chi connectivity index (χ0) is 27.4. The van der Waals surface area contributed by atoms with Crippen molar-refractivity contribution in [1.82, 2.24) is 24.9 Å². The molecule has 0 saturated heterocycles. The van der Waals surface area contributed by atoms with Gasteiger partial charge in [-0.2, -0.15) is 0 Å². The summed E-state index contributed by atoms with van der Waals surface area (Å²) in [6, 6.07) is 5.36. The number of hydrogen-bond donors (Lipinski definition) is 6. The molecular formula is C26H35ClN10O2. The Morgan fingerprint density at radius 3 is 2.49 bits per heavy atom. The van der Waals surface area contributed by atoms with Crippen LogP contribution in [0.4, 0.5) is 17.2 Å². The third-order valence-electron chi connectivity index (χ3n) is 7.10. The number of nitrogens with two attached hydrogens (primary N) is 2. The molecule has 2 saturated carbocycles. The summed E-state index contributed by atoms with van der Waals surface area (Å²) in [6.45, 7) is 0.528. The summed E-state index contributed by atoms with van der Waals surface area (Å²) in [5.74, 6) is 0.191. The van der Waals surface area contributed by atoms with Gasteiger partial charge in [0.15, 0.2) is 11.3 Å². The van der Waals surface area contributed by atoms with Crippen molar-refractivity contribution in [2.45, 2.75) is 75.5 Å². The van der Waals surface area contributed by atoms with Crippen molar-refractivity contribution in [1.29, 1.82) is 0 Å². The number of nitrogens with zero attached hydrogens (tertiary/aromatic N) is 4. The normalized spacial score (nSPS) is 19.9. The summed E-state index contributed by atoms with van der Waals surface area (Å²) in [5.41, 5.74) is 13.8. The van der Waals surface area contributed by atoms with Gasteiger partial charge in [-0.1, -0.05) is 11.6 Å². The first-order valence-electron chi connectivity index (χ1n) is 13.5. The van der Waals surface area contributed by atoms with E-state index in [9.17, 15) is 9.59 Å². The SMILES string of the molecule is NCCC[C@H](N)C(=O)NC1CCC(Nc2cc(NC3CC3)c3ncc(C(=O)Nc4ccnc(Cl)c4)n3n2)CC1. The molecule has 3 aromatic heterocycles. The molecule has 3 heterocycles. The van der Waals surface area contributed by atoms with E-state index in [1.807, 2.05) is 6.07 Å². The molecule has 12 nitrogen and oxygen atoms in total. The molecule has 13 heteroatoms. The van der Waals surface area contributed by atoms with Gasteiger partial charge in [0, 0.05) is 36.1 Å². The molecule has 3 aromatic rings. The first-order chi connectivity index (χ1) is 18.9. The maximum absolute atomic E-state index is 13.1. The first-order valence-corrected chi connectivity index (χ1v) is 13.9. The Kier molecular flexibility index (Phi) is 8.44. The number of carbonyl (C=O) groups excluding carboxylic acids is 2. The highest BCUT2D eigenvalue weighted by Gasteiger charge is 2.27. The fourth-order valence-electron chi connectivity index (χ4n) is 4.79. The van der Waals surface area contributed by atoms with Gasteiger partial charge >= 0.3 is 0 Å². The quantitative estimate of drug-likeness (QED) is 0.194. The second kappa shape index (κ2) is 12.1. The van der Waals surface area contributed by atoms with Gasteiger partial charge in [-0.05, 0) is 70.0 Å². The fourth-order valence-corrected chi connectivity index (χ4v) is 4.97. The lowest BCUT2D eigenvalue weighted by Gasteiger charge is -2.30. The minimum Gasteiger partial charge on any atom is -0.379 e. The number of hydrogen-bond acceptors (Lipinski definition) is 9. The number of anilines is 3. The van der Waals surface area contributed by atoms with Crippen LogP contribution in [0.15, 0.2) is 30.6 Å². The molecule has 5 rings (SSSR count). The molecule has 2 amide bonds. The molecule has 2 aliphatic rings. The Hall–Kier alpha value is -3.48. The monoisotopic (exact) mass is 554 g/mol. The standard InChI is InChI=1S/C26H35ClN10O2/c27-22-12-18(9-11-30-22)35-26(39)21-14-31-24-20(32-15-3-4-15)13-23(36-37(21)24)33-16-5-7-17(8-6-16)34-25(38)19(29)2-1-10-28/h9,11-17,19,32H,1-8,10,28-29H2,(H,33,36)(H,34,38)(H,30,35,39)/t16?,17?,19-/m0/s1. The van der Waals surface area contributed by atoms with Crippen LogP contribution in [0.1, 0.15) is 61.9 Å². The summed E-state index contributed by atoms with van der Waals surface area (Å²) < 4.78 is 1.57. The third kappa shape index (κ3) is 6.94. The second-order valence-corrected chi connectivity index (χ2v) is 10.7. The van der Waals surface area contributed by atoms with Gasteiger partial charge in [0.05, 0.1) is 17.9 Å². The zero-order valence-corrected chi connectivity index (χ0v) is 22.5. The molecule has 208 valence electrons. The Morgan fingerprint density at radius 2 is 1.77 bits per heavy atom. The largest absolute Gasteiger partial charge is 0.379 e. The van der Waals surface area contributed by atoms with Crippen LogP contribution in [0.3, 0.4) is 0 Å². The highest BCUT2D eigenvalue weighted by Crippen LogP contribution is 2.30. The maximum Gasteiger partial charge on any atom is 0.276 e. The lowest BCUT2D eigenvalue weighted by molar-refractivity contribution is -0.123. The van der Waals surface area contributed by atoms with Crippen LogP contribution < -0.4 is 32.7 Å². The van der Waals surface area contributed by atoms with Crippen LogP contribution >= 0.6 is 11.6 Å². The number of pyridine rings is 1. The fraction of sp³-hybridized carbons (Fsp3) is 0.500. The van der Waals surface area contributed by atoms with E-state index < -0.39 is 6.04 Å². The van der Waals surface area contributed by atoms with Crippen LogP contribution in [0.2, 0.25) is 5.15 Å². The molecule has 0 bridgehead atoms. The number of imidazole rings is 1. The smallest absolute Gasteiger partial charge is 0.276 e. The molecule has 0 aromatic carbocycles. The van der Waals surface area contributed by atoms with E-state index in [0.29, 0.717) is 41.9 Å². The van der Waals surface area contributed by atoms with Gasteiger partial charge in [0.25, 0.3) is 5.91 Å². The molecule has 0 unspecified atom stereocenters. The van der Waals surface area contributed by atoms with E-state index in [2.05, 4.69) is 31.2 Å². The number of fused-ring (bicyclic) bond motifs is 1.